The van der Waals surface area contributed by atoms with Crippen LogP contribution in [0.5, 0.6) is 0 Å². The van der Waals surface area contributed by atoms with E-state index in [4.69, 9.17) is 0 Å². The van der Waals surface area contributed by atoms with Crippen LogP contribution in [0.25, 0.3) is 22.2 Å². The van der Waals surface area contributed by atoms with Gasteiger partial charge in [0.2, 0.25) is 0 Å². The molecule has 100 valence electrons. The van der Waals surface area contributed by atoms with E-state index in [0.29, 0.717) is 0 Å². The standard InChI is InChI=1S/C17H14BrNO/c1-11(18)17(20)15-13-9-5-6-10-14(13)19-16(15)12-7-3-2-4-8-12/h2-11,19H,1H3. The number of rotatable bonds is 3. The zero-order valence-electron chi connectivity index (χ0n) is 11.1. The summed E-state index contributed by atoms with van der Waals surface area (Å²) >= 11 is 3.39. The predicted octanol–water partition coefficient (Wildman–Crippen LogP) is 4.80. The normalized spacial score (nSPS) is 12.5. The van der Waals surface area contributed by atoms with Crippen molar-refractivity contribution in [2.45, 2.75) is 11.8 Å². The SMILES string of the molecule is CC(Br)C(=O)c1c(-c2ccccc2)[nH]c2ccccc12. The topological polar surface area (TPSA) is 32.9 Å². The van der Waals surface area contributed by atoms with Crippen molar-refractivity contribution in [3.63, 3.8) is 0 Å². The Hall–Kier alpha value is -1.87. The first kappa shape index (κ1) is 13.1. The maximum absolute atomic E-state index is 12.5. The Balaban J connectivity index is 2.31. The maximum atomic E-state index is 12.5. The summed E-state index contributed by atoms with van der Waals surface area (Å²) in [6, 6.07) is 17.9. The molecule has 0 spiro atoms. The van der Waals surface area contributed by atoms with E-state index in [1.54, 1.807) is 0 Å². The van der Waals surface area contributed by atoms with Crippen LogP contribution >= 0.6 is 15.9 Å². The number of ketones is 1. The third-order valence-electron chi connectivity index (χ3n) is 3.38. The van der Waals surface area contributed by atoms with Gasteiger partial charge in [-0.3, -0.25) is 4.79 Å². The van der Waals surface area contributed by atoms with Crippen molar-refractivity contribution in [2.24, 2.45) is 0 Å². The molecule has 0 aliphatic carbocycles. The lowest BCUT2D eigenvalue weighted by Gasteiger charge is -2.06. The Kier molecular flexibility index (Phi) is 3.45. The molecule has 1 N–H and O–H groups in total. The Bertz CT molecular complexity index is 759. The van der Waals surface area contributed by atoms with Crippen molar-refractivity contribution in [1.82, 2.24) is 4.98 Å². The number of alkyl halides is 1. The minimum Gasteiger partial charge on any atom is -0.354 e. The van der Waals surface area contributed by atoms with Crippen LogP contribution in [-0.4, -0.2) is 15.6 Å². The average molecular weight is 328 g/mol. The van der Waals surface area contributed by atoms with Crippen LogP contribution in [0.2, 0.25) is 0 Å². The molecule has 0 bridgehead atoms. The fourth-order valence-electron chi connectivity index (χ4n) is 2.42. The van der Waals surface area contributed by atoms with Gasteiger partial charge in [-0.1, -0.05) is 64.5 Å². The van der Waals surface area contributed by atoms with Crippen LogP contribution in [0.1, 0.15) is 17.3 Å². The smallest absolute Gasteiger partial charge is 0.178 e. The van der Waals surface area contributed by atoms with Crippen molar-refractivity contribution in [1.29, 1.82) is 0 Å². The first-order valence-corrected chi connectivity index (χ1v) is 7.44. The average Bonchev–Trinajstić information content (AvgIpc) is 2.86. The first-order chi connectivity index (χ1) is 9.68. The molecule has 0 aliphatic rings. The summed E-state index contributed by atoms with van der Waals surface area (Å²) in [5.41, 5.74) is 3.67. The monoisotopic (exact) mass is 327 g/mol. The molecule has 0 radical (unpaired) electrons. The number of carbonyl (C=O) groups is 1. The van der Waals surface area contributed by atoms with Gasteiger partial charge in [-0.05, 0) is 18.6 Å². The highest BCUT2D eigenvalue weighted by Crippen LogP contribution is 2.32. The first-order valence-electron chi connectivity index (χ1n) is 6.53. The van der Waals surface area contributed by atoms with Crippen molar-refractivity contribution in [3.8, 4) is 11.3 Å². The Morgan fingerprint density at radius 1 is 1.05 bits per heavy atom. The Morgan fingerprint density at radius 2 is 1.70 bits per heavy atom. The van der Waals surface area contributed by atoms with Gasteiger partial charge >= 0.3 is 0 Å². The molecule has 0 aliphatic heterocycles. The maximum Gasteiger partial charge on any atom is 0.178 e. The van der Waals surface area contributed by atoms with Crippen LogP contribution in [0.3, 0.4) is 0 Å². The Labute approximate surface area is 126 Å². The summed E-state index contributed by atoms with van der Waals surface area (Å²) in [6.45, 7) is 1.86. The van der Waals surface area contributed by atoms with Crippen LogP contribution in [0.4, 0.5) is 0 Å². The molecule has 1 heterocycles. The number of aromatic amines is 1. The van der Waals surface area contributed by atoms with Gasteiger partial charge in [0, 0.05) is 10.9 Å². The van der Waals surface area contributed by atoms with E-state index >= 15 is 0 Å². The lowest BCUT2D eigenvalue weighted by molar-refractivity contribution is 0.0998. The van der Waals surface area contributed by atoms with E-state index in [0.717, 1.165) is 27.7 Å². The van der Waals surface area contributed by atoms with Gasteiger partial charge in [-0.2, -0.15) is 0 Å². The van der Waals surface area contributed by atoms with Crippen molar-refractivity contribution in [2.75, 3.05) is 0 Å². The summed E-state index contributed by atoms with van der Waals surface area (Å²) in [5, 5.41) is 0.975. The molecule has 0 fully saturated rings. The number of Topliss-reactive ketones (excluding diaryl/α,β-unsaturated/α-hetero) is 1. The molecule has 2 aromatic carbocycles. The molecular formula is C17H14BrNO. The molecule has 20 heavy (non-hydrogen) atoms. The number of benzene rings is 2. The molecule has 1 aromatic heterocycles. The number of nitrogens with one attached hydrogen (secondary N) is 1. The van der Waals surface area contributed by atoms with E-state index in [9.17, 15) is 4.79 Å². The van der Waals surface area contributed by atoms with E-state index in [-0.39, 0.29) is 10.6 Å². The number of aromatic nitrogens is 1. The molecule has 3 rings (SSSR count). The number of hydrogen-bond acceptors (Lipinski definition) is 1. The van der Waals surface area contributed by atoms with E-state index in [1.165, 1.54) is 0 Å². The molecule has 1 atom stereocenters. The van der Waals surface area contributed by atoms with E-state index in [1.807, 2.05) is 61.5 Å². The van der Waals surface area contributed by atoms with Gasteiger partial charge in [0.15, 0.2) is 5.78 Å². The molecule has 3 heteroatoms. The zero-order valence-corrected chi connectivity index (χ0v) is 12.6. The van der Waals surface area contributed by atoms with Gasteiger partial charge in [-0.25, -0.2) is 0 Å². The van der Waals surface area contributed by atoms with Gasteiger partial charge in [0.1, 0.15) is 0 Å². The van der Waals surface area contributed by atoms with Gasteiger partial charge in [0.05, 0.1) is 16.1 Å². The number of halogens is 1. The molecule has 1 unspecified atom stereocenters. The number of fused-ring (bicyclic) bond motifs is 1. The number of para-hydroxylation sites is 1. The highest BCUT2D eigenvalue weighted by atomic mass is 79.9. The Morgan fingerprint density at radius 3 is 2.40 bits per heavy atom. The molecule has 0 saturated carbocycles. The van der Waals surface area contributed by atoms with Crippen LogP contribution in [0, 0.1) is 0 Å². The number of carbonyl (C=O) groups excluding carboxylic acids is 1. The van der Waals surface area contributed by atoms with Crippen molar-refractivity contribution >= 4 is 32.6 Å². The fraction of sp³-hybridized carbons (Fsp3) is 0.118. The molecule has 0 saturated heterocycles. The molecule has 3 aromatic rings. The second-order valence-corrected chi connectivity index (χ2v) is 6.14. The summed E-state index contributed by atoms with van der Waals surface area (Å²) in [5.74, 6) is 0.0984. The minimum absolute atomic E-state index is 0.0984. The lowest BCUT2D eigenvalue weighted by atomic mass is 10.0. The largest absolute Gasteiger partial charge is 0.354 e. The summed E-state index contributed by atoms with van der Waals surface area (Å²) < 4.78 is 0. The van der Waals surface area contributed by atoms with Crippen LogP contribution in [-0.2, 0) is 0 Å². The highest BCUT2D eigenvalue weighted by Gasteiger charge is 2.22. The van der Waals surface area contributed by atoms with Crippen molar-refractivity contribution < 1.29 is 4.79 Å². The fourth-order valence-corrected chi connectivity index (χ4v) is 2.65. The van der Waals surface area contributed by atoms with Crippen molar-refractivity contribution in [3.05, 3.63) is 60.2 Å². The molecule has 0 amide bonds. The lowest BCUT2D eigenvalue weighted by Crippen LogP contribution is -2.10. The predicted molar refractivity (Wildman–Crippen MR) is 86.5 cm³/mol. The number of hydrogen-bond donors (Lipinski definition) is 1. The third kappa shape index (κ3) is 2.18. The van der Waals surface area contributed by atoms with Gasteiger partial charge in [0.25, 0.3) is 0 Å². The second kappa shape index (κ2) is 5.25. The third-order valence-corrected chi connectivity index (χ3v) is 3.79. The minimum atomic E-state index is -0.204. The molecular weight excluding hydrogens is 314 g/mol. The van der Waals surface area contributed by atoms with Gasteiger partial charge in [-0.15, -0.1) is 0 Å². The number of H-pyrrole nitrogens is 1. The van der Waals surface area contributed by atoms with E-state index < -0.39 is 0 Å². The quantitative estimate of drug-likeness (QED) is 0.544. The van der Waals surface area contributed by atoms with Gasteiger partial charge < -0.3 is 4.98 Å². The second-order valence-electron chi connectivity index (χ2n) is 4.77. The van der Waals surface area contributed by atoms with E-state index in [2.05, 4.69) is 20.9 Å². The summed E-state index contributed by atoms with van der Waals surface area (Å²) in [7, 11) is 0. The highest BCUT2D eigenvalue weighted by molar-refractivity contribution is 9.10. The summed E-state index contributed by atoms with van der Waals surface area (Å²) in [4.78, 5) is 15.7. The zero-order chi connectivity index (χ0) is 14.1. The van der Waals surface area contributed by atoms with Crippen LogP contribution < -0.4 is 0 Å². The molecule has 2 nitrogen and oxygen atoms in total. The van der Waals surface area contributed by atoms with Crippen LogP contribution in [0.15, 0.2) is 54.6 Å². The summed E-state index contributed by atoms with van der Waals surface area (Å²) in [6.07, 6.45) is 0.